The number of nitrogens with zero attached hydrogens (tertiary/aromatic N) is 2. The van der Waals surface area contributed by atoms with Gasteiger partial charge in [0.1, 0.15) is 0 Å². The van der Waals surface area contributed by atoms with Crippen molar-refractivity contribution in [3.8, 4) is 0 Å². The Kier molecular flexibility index (Phi) is 4.78. The quantitative estimate of drug-likeness (QED) is 0.788. The minimum absolute atomic E-state index is 0.343. The van der Waals surface area contributed by atoms with Crippen LogP contribution >= 0.6 is 0 Å². The van der Waals surface area contributed by atoms with Crippen molar-refractivity contribution in [1.29, 1.82) is 0 Å². The third-order valence-electron chi connectivity index (χ3n) is 3.64. The van der Waals surface area contributed by atoms with Gasteiger partial charge in [0.2, 0.25) is 0 Å². The van der Waals surface area contributed by atoms with E-state index in [9.17, 15) is 0 Å². The SMILES string of the molecule is CCCNCc1cnn(CC2CCC(C)O2)c1C. The number of rotatable bonds is 6. The molecule has 4 nitrogen and oxygen atoms in total. The third-order valence-corrected chi connectivity index (χ3v) is 3.64. The van der Waals surface area contributed by atoms with E-state index in [0.717, 1.165) is 26.1 Å². The number of hydrogen-bond acceptors (Lipinski definition) is 3. The molecule has 1 saturated heterocycles. The summed E-state index contributed by atoms with van der Waals surface area (Å²) in [6.45, 7) is 9.35. The van der Waals surface area contributed by atoms with Crippen molar-refractivity contribution in [3.63, 3.8) is 0 Å². The van der Waals surface area contributed by atoms with Crippen LogP contribution in [-0.4, -0.2) is 28.5 Å². The van der Waals surface area contributed by atoms with Crippen LogP contribution in [0.25, 0.3) is 0 Å². The smallest absolute Gasteiger partial charge is 0.0775 e. The molecule has 1 N–H and O–H groups in total. The fourth-order valence-corrected chi connectivity index (χ4v) is 2.46. The average Bonchev–Trinajstić information content (AvgIpc) is 2.90. The van der Waals surface area contributed by atoms with Crippen molar-refractivity contribution in [2.75, 3.05) is 6.54 Å². The molecule has 1 aromatic heterocycles. The molecule has 2 heterocycles. The number of nitrogens with one attached hydrogen (secondary N) is 1. The molecule has 0 spiro atoms. The molecule has 1 aromatic rings. The first-order valence-electron chi connectivity index (χ1n) is 7.08. The topological polar surface area (TPSA) is 39.1 Å². The van der Waals surface area contributed by atoms with Crippen molar-refractivity contribution in [1.82, 2.24) is 15.1 Å². The van der Waals surface area contributed by atoms with E-state index in [1.807, 2.05) is 6.20 Å². The average molecular weight is 251 g/mol. The Hall–Kier alpha value is -0.870. The monoisotopic (exact) mass is 251 g/mol. The predicted molar refractivity (Wildman–Crippen MR) is 72.5 cm³/mol. The minimum atomic E-state index is 0.343. The fourth-order valence-electron chi connectivity index (χ4n) is 2.46. The molecule has 2 atom stereocenters. The van der Waals surface area contributed by atoms with Crippen LogP contribution in [0.15, 0.2) is 6.20 Å². The Labute approximate surface area is 110 Å². The van der Waals surface area contributed by atoms with Crippen molar-refractivity contribution in [2.45, 2.75) is 65.3 Å². The summed E-state index contributed by atoms with van der Waals surface area (Å²) in [5, 5.41) is 7.90. The molecule has 1 aliphatic heterocycles. The lowest BCUT2D eigenvalue weighted by Gasteiger charge is -2.12. The predicted octanol–water partition coefficient (Wildman–Crippen LogP) is 2.26. The molecule has 4 heteroatoms. The summed E-state index contributed by atoms with van der Waals surface area (Å²) in [6, 6.07) is 0. The summed E-state index contributed by atoms with van der Waals surface area (Å²) < 4.78 is 7.94. The molecular formula is C14H25N3O. The van der Waals surface area contributed by atoms with E-state index in [1.165, 1.54) is 24.1 Å². The van der Waals surface area contributed by atoms with Gasteiger partial charge in [-0.2, -0.15) is 5.10 Å². The van der Waals surface area contributed by atoms with E-state index in [4.69, 9.17) is 4.74 Å². The third kappa shape index (κ3) is 3.33. The molecule has 1 aliphatic rings. The summed E-state index contributed by atoms with van der Waals surface area (Å²) in [6.07, 6.45) is 6.24. The van der Waals surface area contributed by atoms with Gasteiger partial charge in [-0.15, -0.1) is 0 Å². The van der Waals surface area contributed by atoms with E-state index >= 15 is 0 Å². The summed E-state index contributed by atoms with van der Waals surface area (Å²) in [5.41, 5.74) is 2.57. The van der Waals surface area contributed by atoms with E-state index in [2.05, 4.69) is 35.9 Å². The molecule has 0 amide bonds. The lowest BCUT2D eigenvalue weighted by molar-refractivity contribution is 0.0433. The summed E-state index contributed by atoms with van der Waals surface area (Å²) >= 11 is 0. The molecule has 2 rings (SSSR count). The lowest BCUT2D eigenvalue weighted by atomic mass is 10.2. The molecule has 0 bridgehead atoms. The van der Waals surface area contributed by atoms with Crippen molar-refractivity contribution >= 4 is 0 Å². The van der Waals surface area contributed by atoms with Gasteiger partial charge >= 0.3 is 0 Å². The second-order valence-electron chi connectivity index (χ2n) is 5.26. The fraction of sp³-hybridized carbons (Fsp3) is 0.786. The zero-order valence-corrected chi connectivity index (χ0v) is 11.8. The van der Waals surface area contributed by atoms with Crippen LogP contribution in [0.1, 0.15) is 44.4 Å². The van der Waals surface area contributed by atoms with Gasteiger partial charge in [0, 0.05) is 17.8 Å². The van der Waals surface area contributed by atoms with Crippen molar-refractivity contribution < 1.29 is 4.74 Å². The largest absolute Gasteiger partial charge is 0.373 e. The molecule has 18 heavy (non-hydrogen) atoms. The molecule has 1 fully saturated rings. The molecule has 0 radical (unpaired) electrons. The van der Waals surface area contributed by atoms with Gasteiger partial charge in [-0.05, 0) is 39.7 Å². The standard InChI is InChI=1S/C14H25N3O/c1-4-7-15-8-13-9-16-17(12(13)3)10-14-6-5-11(2)18-14/h9,11,14-15H,4-8,10H2,1-3H3. The van der Waals surface area contributed by atoms with Crippen LogP contribution in [0.3, 0.4) is 0 Å². The number of ether oxygens (including phenoxy) is 1. The van der Waals surface area contributed by atoms with Gasteiger partial charge < -0.3 is 10.1 Å². The highest BCUT2D eigenvalue weighted by Crippen LogP contribution is 2.21. The Balaban J connectivity index is 1.89. The maximum absolute atomic E-state index is 5.85. The Bertz CT molecular complexity index is 375. The molecule has 2 unspecified atom stereocenters. The van der Waals surface area contributed by atoms with Crippen molar-refractivity contribution in [2.24, 2.45) is 0 Å². The van der Waals surface area contributed by atoms with Crippen LogP contribution in [0, 0.1) is 6.92 Å². The van der Waals surface area contributed by atoms with E-state index in [0.29, 0.717) is 12.2 Å². The second-order valence-corrected chi connectivity index (χ2v) is 5.26. The first-order chi connectivity index (χ1) is 8.70. The maximum atomic E-state index is 5.85. The van der Waals surface area contributed by atoms with Gasteiger partial charge in [0.05, 0.1) is 24.9 Å². The van der Waals surface area contributed by atoms with Crippen LogP contribution in [0.4, 0.5) is 0 Å². The lowest BCUT2D eigenvalue weighted by Crippen LogP contribution is -2.19. The van der Waals surface area contributed by atoms with Gasteiger partial charge in [-0.3, -0.25) is 4.68 Å². The van der Waals surface area contributed by atoms with Crippen LogP contribution in [0.2, 0.25) is 0 Å². The summed E-state index contributed by atoms with van der Waals surface area (Å²) in [4.78, 5) is 0. The van der Waals surface area contributed by atoms with E-state index in [-0.39, 0.29) is 0 Å². The summed E-state index contributed by atoms with van der Waals surface area (Å²) in [5.74, 6) is 0. The zero-order chi connectivity index (χ0) is 13.0. The van der Waals surface area contributed by atoms with Crippen molar-refractivity contribution in [3.05, 3.63) is 17.5 Å². The minimum Gasteiger partial charge on any atom is -0.373 e. The molecule has 0 saturated carbocycles. The first-order valence-corrected chi connectivity index (χ1v) is 7.08. The highest BCUT2D eigenvalue weighted by molar-refractivity contribution is 5.15. The highest BCUT2D eigenvalue weighted by Gasteiger charge is 2.23. The highest BCUT2D eigenvalue weighted by atomic mass is 16.5. The molecule has 0 aliphatic carbocycles. The Morgan fingerprint density at radius 2 is 2.33 bits per heavy atom. The zero-order valence-electron chi connectivity index (χ0n) is 11.8. The van der Waals surface area contributed by atoms with Crippen LogP contribution < -0.4 is 5.32 Å². The summed E-state index contributed by atoms with van der Waals surface area (Å²) in [7, 11) is 0. The number of aromatic nitrogens is 2. The first kappa shape index (κ1) is 13.6. The van der Waals surface area contributed by atoms with Crippen LogP contribution in [-0.2, 0) is 17.8 Å². The number of hydrogen-bond donors (Lipinski definition) is 1. The maximum Gasteiger partial charge on any atom is 0.0775 e. The normalized spacial score (nSPS) is 23.7. The van der Waals surface area contributed by atoms with Crippen LogP contribution in [0.5, 0.6) is 0 Å². The second kappa shape index (κ2) is 6.34. The van der Waals surface area contributed by atoms with E-state index < -0.39 is 0 Å². The Morgan fingerprint density at radius 3 is 3.00 bits per heavy atom. The molecular weight excluding hydrogens is 226 g/mol. The Morgan fingerprint density at radius 1 is 1.50 bits per heavy atom. The molecule has 102 valence electrons. The molecule has 0 aromatic carbocycles. The van der Waals surface area contributed by atoms with Gasteiger partial charge in [0.25, 0.3) is 0 Å². The van der Waals surface area contributed by atoms with Gasteiger partial charge in [-0.1, -0.05) is 6.92 Å². The van der Waals surface area contributed by atoms with Gasteiger partial charge in [0.15, 0.2) is 0 Å². The van der Waals surface area contributed by atoms with E-state index in [1.54, 1.807) is 0 Å². The van der Waals surface area contributed by atoms with Gasteiger partial charge in [-0.25, -0.2) is 0 Å².